The molecule has 3 rings (SSSR count). The molecule has 1 heterocycles. The minimum absolute atomic E-state index is 0.230. The lowest BCUT2D eigenvalue weighted by Gasteiger charge is -2.43. The van der Waals surface area contributed by atoms with Crippen LogP contribution in [-0.2, 0) is 11.2 Å². The summed E-state index contributed by atoms with van der Waals surface area (Å²) in [5, 5.41) is 40.4. The number of aliphatic hydroxyl groups excluding tert-OH is 4. The van der Waals surface area contributed by atoms with Crippen LogP contribution >= 0.6 is 11.6 Å². The molecule has 1 fully saturated rings. The molecule has 27 heavy (non-hydrogen) atoms. The Morgan fingerprint density at radius 1 is 1.11 bits per heavy atom. The Labute approximate surface area is 163 Å². The lowest BCUT2D eigenvalue weighted by atomic mass is 9.81. The van der Waals surface area contributed by atoms with E-state index in [1.165, 1.54) is 0 Å². The maximum Gasteiger partial charge on any atom is 0.118 e. The molecular weight excluding hydrogens is 372 g/mol. The van der Waals surface area contributed by atoms with Gasteiger partial charge in [0.25, 0.3) is 0 Å². The minimum Gasteiger partial charge on any atom is -0.497 e. The third kappa shape index (κ3) is 4.37. The number of allylic oxidation sites excluding steroid dienone is 3. The molecule has 1 unspecified atom stereocenters. The highest BCUT2D eigenvalue weighted by atomic mass is 35.5. The molecule has 2 aliphatic rings. The predicted molar refractivity (Wildman–Crippen MR) is 101 cm³/mol. The summed E-state index contributed by atoms with van der Waals surface area (Å²) in [6.07, 6.45) is -0.835. The molecule has 148 valence electrons. The molecule has 6 nitrogen and oxygen atoms in total. The number of ether oxygens (including phenoxy) is 2. The normalized spacial score (nSPS) is 34.0. The van der Waals surface area contributed by atoms with Gasteiger partial charge < -0.3 is 29.9 Å². The van der Waals surface area contributed by atoms with Crippen molar-refractivity contribution < 1.29 is 29.9 Å². The second-order valence-corrected chi connectivity index (χ2v) is 7.40. The Morgan fingerprint density at radius 2 is 1.81 bits per heavy atom. The number of hydrogen-bond donors (Lipinski definition) is 4. The third-order valence-corrected chi connectivity index (χ3v) is 5.63. The zero-order valence-corrected chi connectivity index (χ0v) is 15.8. The van der Waals surface area contributed by atoms with E-state index in [9.17, 15) is 20.4 Å². The summed E-state index contributed by atoms with van der Waals surface area (Å²) >= 11 is 6.37. The molecule has 0 aromatic heterocycles. The fourth-order valence-electron chi connectivity index (χ4n) is 3.63. The highest BCUT2D eigenvalue weighted by molar-refractivity contribution is 6.31. The van der Waals surface area contributed by atoms with Crippen LogP contribution in [0.5, 0.6) is 5.75 Å². The molecule has 7 heteroatoms. The van der Waals surface area contributed by atoms with Gasteiger partial charge in [-0.1, -0.05) is 29.8 Å². The molecule has 4 N–H and O–H groups in total. The zero-order chi connectivity index (χ0) is 19.6. The van der Waals surface area contributed by atoms with Crippen LogP contribution in [0.1, 0.15) is 12.0 Å². The number of halogens is 1. The van der Waals surface area contributed by atoms with Crippen molar-refractivity contribution >= 4 is 11.6 Å². The Morgan fingerprint density at radius 3 is 2.44 bits per heavy atom. The molecule has 0 radical (unpaired) electrons. The van der Waals surface area contributed by atoms with Crippen molar-refractivity contribution in [3.8, 4) is 5.75 Å². The summed E-state index contributed by atoms with van der Waals surface area (Å²) < 4.78 is 10.9. The molecule has 0 spiro atoms. The number of hydrogen-bond acceptors (Lipinski definition) is 6. The monoisotopic (exact) mass is 396 g/mol. The average molecular weight is 397 g/mol. The van der Waals surface area contributed by atoms with Gasteiger partial charge in [0.05, 0.1) is 19.8 Å². The van der Waals surface area contributed by atoms with Gasteiger partial charge in [-0.15, -0.1) is 0 Å². The summed E-state index contributed by atoms with van der Waals surface area (Å²) in [4.78, 5) is 0. The van der Waals surface area contributed by atoms with Crippen LogP contribution in [0.2, 0.25) is 0 Å². The average Bonchev–Trinajstić information content (AvgIpc) is 2.69. The molecule has 1 aromatic rings. The van der Waals surface area contributed by atoms with Gasteiger partial charge in [-0.2, -0.15) is 0 Å². The summed E-state index contributed by atoms with van der Waals surface area (Å²) in [6, 6.07) is 7.71. The summed E-state index contributed by atoms with van der Waals surface area (Å²) in [5.74, 6) is 0.550. The molecule has 0 saturated carbocycles. The lowest BCUT2D eigenvalue weighted by molar-refractivity contribution is -0.237. The van der Waals surface area contributed by atoms with E-state index in [1.807, 2.05) is 30.3 Å². The molecule has 0 amide bonds. The number of methoxy groups -OCH3 is 1. The number of rotatable bonds is 5. The molecule has 1 aromatic carbocycles. The second-order valence-electron chi connectivity index (χ2n) is 7.00. The smallest absolute Gasteiger partial charge is 0.118 e. The van der Waals surface area contributed by atoms with Crippen LogP contribution in [0.15, 0.2) is 47.0 Å². The topological polar surface area (TPSA) is 99.4 Å². The first kappa shape index (κ1) is 20.3. The summed E-state index contributed by atoms with van der Waals surface area (Å²) in [7, 11) is 1.62. The quantitative estimate of drug-likeness (QED) is 0.596. The number of benzene rings is 1. The van der Waals surface area contributed by atoms with E-state index in [1.54, 1.807) is 13.2 Å². The first-order valence-corrected chi connectivity index (χ1v) is 9.31. The van der Waals surface area contributed by atoms with Gasteiger partial charge in [0.15, 0.2) is 0 Å². The molecule has 0 bridgehead atoms. The van der Waals surface area contributed by atoms with Crippen LogP contribution in [0, 0.1) is 5.92 Å². The van der Waals surface area contributed by atoms with Crippen molar-refractivity contribution in [2.45, 2.75) is 43.4 Å². The van der Waals surface area contributed by atoms with Crippen LogP contribution in [0.4, 0.5) is 0 Å². The van der Waals surface area contributed by atoms with Crippen LogP contribution in [-0.4, -0.2) is 64.7 Å². The zero-order valence-electron chi connectivity index (χ0n) is 15.0. The van der Waals surface area contributed by atoms with E-state index < -0.39 is 37.1 Å². The summed E-state index contributed by atoms with van der Waals surface area (Å²) in [5.41, 5.74) is 2.07. The fourth-order valence-corrected chi connectivity index (χ4v) is 3.85. The second kappa shape index (κ2) is 8.73. The first-order chi connectivity index (χ1) is 12.9. The standard InChI is InChI=1S/C20H25ClO6/c1-26-14-5-2-11(3-6-14)8-13-9-12(4-7-15(13)21)20-19(25)18(24)17(23)16(10-22)27-20/h2-7,12,16-20,22-25H,8-10H2,1H3/t12?,16-,17-,18+,19-,20+/m1/s1. The minimum atomic E-state index is -1.37. The third-order valence-electron chi connectivity index (χ3n) is 5.24. The largest absolute Gasteiger partial charge is 0.497 e. The van der Waals surface area contributed by atoms with Gasteiger partial charge in [0, 0.05) is 11.0 Å². The van der Waals surface area contributed by atoms with Crippen molar-refractivity contribution in [1.82, 2.24) is 0 Å². The Kier molecular flexibility index (Phi) is 6.57. The van der Waals surface area contributed by atoms with Crippen molar-refractivity contribution in [2.75, 3.05) is 13.7 Å². The molecule has 6 atom stereocenters. The Balaban J connectivity index is 1.73. The van der Waals surface area contributed by atoms with Crippen molar-refractivity contribution in [2.24, 2.45) is 5.92 Å². The molecular formula is C20H25ClO6. The molecule has 1 saturated heterocycles. The highest BCUT2D eigenvalue weighted by Gasteiger charge is 2.46. The van der Waals surface area contributed by atoms with E-state index >= 15 is 0 Å². The number of aliphatic hydroxyl groups is 4. The molecule has 1 aliphatic carbocycles. The van der Waals surface area contributed by atoms with E-state index in [0.717, 1.165) is 16.9 Å². The SMILES string of the molecule is COc1ccc(CC2=C(Cl)C=CC([C@@H]3O[C@H](CO)[C@@H](O)[C@H](O)[C@H]3O)C2)cc1. The maximum atomic E-state index is 10.4. The molecule has 1 aliphatic heterocycles. The van der Waals surface area contributed by atoms with E-state index in [0.29, 0.717) is 17.9 Å². The fraction of sp³-hybridized carbons (Fsp3) is 0.500. The van der Waals surface area contributed by atoms with E-state index in [-0.39, 0.29) is 5.92 Å². The first-order valence-electron chi connectivity index (χ1n) is 8.93. The van der Waals surface area contributed by atoms with Crippen molar-refractivity contribution in [1.29, 1.82) is 0 Å². The predicted octanol–water partition coefficient (Wildman–Crippen LogP) is 1.15. The van der Waals surface area contributed by atoms with Gasteiger partial charge in [-0.3, -0.25) is 0 Å². The van der Waals surface area contributed by atoms with Crippen molar-refractivity contribution in [3.63, 3.8) is 0 Å². The highest BCUT2D eigenvalue weighted by Crippen LogP contribution is 2.35. The van der Waals surface area contributed by atoms with Gasteiger partial charge in [-0.25, -0.2) is 0 Å². The van der Waals surface area contributed by atoms with Gasteiger partial charge in [0.1, 0.15) is 30.2 Å². The maximum absolute atomic E-state index is 10.4. The van der Waals surface area contributed by atoms with Crippen LogP contribution in [0.25, 0.3) is 0 Å². The Hall–Kier alpha value is -1.41. The van der Waals surface area contributed by atoms with Crippen LogP contribution in [0.3, 0.4) is 0 Å². The van der Waals surface area contributed by atoms with E-state index in [2.05, 4.69) is 0 Å². The van der Waals surface area contributed by atoms with Gasteiger partial charge >= 0.3 is 0 Å². The Bertz CT molecular complexity index is 699. The van der Waals surface area contributed by atoms with Crippen molar-refractivity contribution in [3.05, 3.63) is 52.6 Å². The van der Waals surface area contributed by atoms with E-state index in [4.69, 9.17) is 21.1 Å². The van der Waals surface area contributed by atoms with Crippen LogP contribution < -0.4 is 4.74 Å². The van der Waals surface area contributed by atoms with Gasteiger partial charge in [0.2, 0.25) is 0 Å². The van der Waals surface area contributed by atoms with Gasteiger partial charge in [-0.05, 0) is 42.2 Å². The lowest BCUT2D eigenvalue weighted by Crippen LogP contribution is -2.60. The summed E-state index contributed by atoms with van der Waals surface area (Å²) in [6.45, 7) is -0.437.